The number of unbranched alkanes of at least 4 members (excludes halogenated alkanes) is 2. The van der Waals surface area contributed by atoms with Crippen molar-refractivity contribution in [3.63, 3.8) is 0 Å². The zero-order chi connectivity index (χ0) is 12.5. The van der Waals surface area contributed by atoms with Gasteiger partial charge in [0.05, 0.1) is 0 Å². The maximum atomic E-state index is 11.5. The number of amides is 1. The van der Waals surface area contributed by atoms with Gasteiger partial charge in [-0.1, -0.05) is 19.8 Å². The lowest BCUT2D eigenvalue weighted by atomic mass is 10.1. The third-order valence-corrected chi connectivity index (χ3v) is 2.72. The number of carbonyl (C=O) groups is 2. The van der Waals surface area contributed by atoms with E-state index in [1.807, 2.05) is 0 Å². The van der Waals surface area contributed by atoms with Crippen LogP contribution >= 0.6 is 0 Å². The number of hydrogen-bond donors (Lipinski definition) is 1. The van der Waals surface area contributed by atoms with Crippen LogP contribution in [0.3, 0.4) is 0 Å². The second-order valence-corrected chi connectivity index (χ2v) is 4.25. The summed E-state index contributed by atoms with van der Waals surface area (Å²) in [5.41, 5.74) is 2.17. The first-order chi connectivity index (χ1) is 8.24. The second-order valence-electron chi connectivity index (χ2n) is 4.25. The predicted octanol–water partition coefficient (Wildman–Crippen LogP) is 1.71. The highest BCUT2D eigenvalue weighted by Crippen LogP contribution is 2.12. The Morgan fingerprint density at radius 2 is 2.18 bits per heavy atom. The monoisotopic (exact) mass is 243 g/mol. The lowest BCUT2D eigenvalue weighted by molar-refractivity contribution is -0.164. The Morgan fingerprint density at radius 1 is 1.35 bits per heavy atom. The molecule has 1 rings (SSSR count). The highest BCUT2D eigenvalue weighted by molar-refractivity contribution is 5.81. The molecule has 0 spiro atoms. The molecule has 0 saturated carbocycles. The van der Waals surface area contributed by atoms with Gasteiger partial charge in [0.15, 0.2) is 0 Å². The standard InChI is InChI=1S/C12H21NO4/c1-2-3-4-8-11(14)17-13-12(15)10-7-5-6-9-16-10/h10H,2-9H2,1H3,(H,13,15). The molecule has 0 aromatic heterocycles. The third-order valence-electron chi connectivity index (χ3n) is 2.72. The molecule has 5 heteroatoms. The number of nitrogens with one attached hydrogen (secondary N) is 1. The molecule has 0 aliphatic carbocycles. The smallest absolute Gasteiger partial charge is 0.332 e. The van der Waals surface area contributed by atoms with Gasteiger partial charge >= 0.3 is 5.97 Å². The van der Waals surface area contributed by atoms with Crippen molar-refractivity contribution in [3.05, 3.63) is 0 Å². The summed E-state index contributed by atoms with van der Waals surface area (Å²) in [6.45, 7) is 2.66. The SMILES string of the molecule is CCCCCC(=O)ONC(=O)C1CCCCO1. The molecule has 1 atom stereocenters. The Labute approximate surface area is 102 Å². The maximum absolute atomic E-state index is 11.5. The normalized spacial score (nSPS) is 19.7. The van der Waals surface area contributed by atoms with Gasteiger partial charge in [0.2, 0.25) is 0 Å². The summed E-state index contributed by atoms with van der Waals surface area (Å²) >= 11 is 0. The van der Waals surface area contributed by atoms with E-state index in [-0.39, 0.29) is 11.9 Å². The lowest BCUT2D eigenvalue weighted by Crippen LogP contribution is -2.39. The van der Waals surface area contributed by atoms with Gasteiger partial charge in [-0.2, -0.15) is 5.48 Å². The quantitative estimate of drug-likeness (QED) is 0.589. The lowest BCUT2D eigenvalue weighted by Gasteiger charge is -2.21. The Balaban J connectivity index is 2.11. The number of carbonyl (C=O) groups excluding carboxylic acids is 2. The fraction of sp³-hybridized carbons (Fsp3) is 0.833. The molecule has 1 N–H and O–H groups in total. The molecule has 17 heavy (non-hydrogen) atoms. The Hall–Kier alpha value is -1.10. The van der Waals surface area contributed by atoms with E-state index in [4.69, 9.17) is 4.74 Å². The van der Waals surface area contributed by atoms with Gasteiger partial charge < -0.3 is 9.57 Å². The maximum Gasteiger partial charge on any atom is 0.332 e. The average Bonchev–Trinajstić information content (AvgIpc) is 2.37. The van der Waals surface area contributed by atoms with Crippen LogP contribution in [0.5, 0.6) is 0 Å². The molecule has 1 aliphatic heterocycles. The van der Waals surface area contributed by atoms with E-state index in [1.54, 1.807) is 0 Å². The van der Waals surface area contributed by atoms with Gasteiger partial charge in [-0.05, 0) is 25.7 Å². The molecule has 0 aromatic carbocycles. The summed E-state index contributed by atoms with van der Waals surface area (Å²) in [5, 5.41) is 0. The van der Waals surface area contributed by atoms with Crippen molar-refractivity contribution in [2.24, 2.45) is 0 Å². The van der Waals surface area contributed by atoms with E-state index in [1.165, 1.54) is 0 Å². The van der Waals surface area contributed by atoms with Gasteiger partial charge in [-0.3, -0.25) is 4.79 Å². The van der Waals surface area contributed by atoms with Crippen LogP contribution in [0.4, 0.5) is 0 Å². The highest BCUT2D eigenvalue weighted by Gasteiger charge is 2.22. The molecule has 0 bridgehead atoms. The topological polar surface area (TPSA) is 64.6 Å². The van der Waals surface area contributed by atoms with Crippen molar-refractivity contribution in [2.75, 3.05) is 6.61 Å². The number of hydrogen-bond acceptors (Lipinski definition) is 4. The number of ether oxygens (including phenoxy) is 1. The first-order valence-electron chi connectivity index (χ1n) is 6.35. The molecule has 0 aromatic rings. The van der Waals surface area contributed by atoms with Crippen LogP contribution in [-0.2, 0) is 19.2 Å². The van der Waals surface area contributed by atoms with Gasteiger partial charge in [-0.25, -0.2) is 4.79 Å². The van der Waals surface area contributed by atoms with Crippen LogP contribution in [-0.4, -0.2) is 24.6 Å². The highest BCUT2D eigenvalue weighted by atomic mass is 16.7. The van der Waals surface area contributed by atoms with Crippen LogP contribution in [0.2, 0.25) is 0 Å². The van der Waals surface area contributed by atoms with E-state index in [0.29, 0.717) is 19.4 Å². The fourth-order valence-corrected chi connectivity index (χ4v) is 1.69. The van der Waals surface area contributed by atoms with Crippen molar-refractivity contribution >= 4 is 11.9 Å². The minimum Gasteiger partial charge on any atom is -0.368 e. The van der Waals surface area contributed by atoms with Crippen molar-refractivity contribution in [2.45, 2.75) is 58.0 Å². The van der Waals surface area contributed by atoms with Crippen LogP contribution in [0.15, 0.2) is 0 Å². The number of rotatable bonds is 5. The minimum atomic E-state index is -0.466. The summed E-state index contributed by atoms with van der Waals surface area (Å²) in [6, 6.07) is 0. The average molecular weight is 243 g/mol. The molecular weight excluding hydrogens is 222 g/mol. The molecule has 1 heterocycles. The molecular formula is C12H21NO4. The van der Waals surface area contributed by atoms with E-state index < -0.39 is 6.10 Å². The molecule has 1 amide bonds. The van der Waals surface area contributed by atoms with Crippen LogP contribution in [0.1, 0.15) is 51.9 Å². The summed E-state index contributed by atoms with van der Waals surface area (Å²) in [5.74, 6) is -0.740. The van der Waals surface area contributed by atoms with Crippen LogP contribution in [0, 0.1) is 0 Å². The first kappa shape index (κ1) is 14.0. The van der Waals surface area contributed by atoms with Crippen molar-refractivity contribution in [1.82, 2.24) is 5.48 Å². The summed E-state index contributed by atoms with van der Waals surface area (Å²) < 4.78 is 5.27. The van der Waals surface area contributed by atoms with Crippen LogP contribution in [0.25, 0.3) is 0 Å². The van der Waals surface area contributed by atoms with Gasteiger partial charge in [0.1, 0.15) is 6.10 Å². The Bertz CT molecular complexity index is 249. The Kier molecular flexibility index (Phi) is 6.62. The molecule has 98 valence electrons. The largest absolute Gasteiger partial charge is 0.368 e. The number of hydroxylamine groups is 1. The van der Waals surface area contributed by atoms with E-state index >= 15 is 0 Å². The molecule has 1 aliphatic rings. The summed E-state index contributed by atoms with van der Waals surface area (Å²) in [6.07, 6.45) is 5.38. The van der Waals surface area contributed by atoms with Gasteiger partial charge in [0.25, 0.3) is 5.91 Å². The van der Waals surface area contributed by atoms with Crippen molar-refractivity contribution < 1.29 is 19.2 Å². The van der Waals surface area contributed by atoms with Crippen molar-refractivity contribution in [1.29, 1.82) is 0 Å². The van der Waals surface area contributed by atoms with Gasteiger partial charge in [0, 0.05) is 13.0 Å². The second kappa shape index (κ2) is 8.06. The van der Waals surface area contributed by atoms with E-state index in [0.717, 1.165) is 32.1 Å². The summed E-state index contributed by atoms with van der Waals surface area (Å²) in [4.78, 5) is 27.4. The molecule has 0 radical (unpaired) electrons. The summed E-state index contributed by atoms with van der Waals surface area (Å²) in [7, 11) is 0. The molecule has 1 fully saturated rings. The van der Waals surface area contributed by atoms with E-state index in [9.17, 15) is 9.59 Å². The first-order valence-corrected chi connectivity index (χ1v) is 6.35. The third kappa shape index (κ3) is 5.68. The Morgan fingerprint density at radius 3 is 2.82 bits per heavy atom. The van der Waals surface area contributed by atoms with Crippen molar-refractivity contribution in [3.8, 4) is 0 Å². The molecule has 5 nitrogen and oxygen atoms in total. The van der Waals surface area contributed by atoms with E-state index in [2.05, 4.69) is 17.2 Å². The zero-order valence-corrected chi connectivity index (χ0v) is 10.4. The fourth-order valence-electron chi connectivity index (χ4n) is 1.69. The molecule has 1 unspecified atom stereocenters. The zero-order valence-electron chi connectivity index (χ0n) is 10.4. The minimum absolute atomic E-state index is 0.347. The van der Waals surface area contributed by atoms with Crippen LogP contribution < -0.4 is 5.48 Å². The molecule has 1 saturated heterocycles. The predicted molar refractivity (Wildman–Crippen MR) is 62.0 cm³/mol. The van der Waals surface area contributed by atoms with Gasteiger partial charge in [-0.15, -0.1) is 0 Å².